The monoisotopic (exact) mass is 840 g/mol. The highest BCUT2D eigenvalue weighted by molar-refractivity contribution is 5.82. The quantitative estimate of drug-likeness (QED) is 0.131. The Balaban J connectivity index is 0.00000567. The standard InChI is InChI=1S/C54H69N2O.BrH/c1-14-36-34-56(22-20-37(36)30-49(56)50(57)47-19-21-55-48-18-16-15-17-46(47)48)33-35-23-38(40-26-42(51(2,3)4)31-43(27-40)52(5,6)7)25-39(24-35)41-28-44(53(8,9)10)32-45(29-41)54(11,12)13;/h14-19,21,23-29,31-32,36-37,49-50,57H,1,20,22,30,33-34H2,2-13H3;1H/q+1;/p-1/t36-,37-,49+,50-,56?;/m0./s1. The Morgan fingerprint density at radius 1 is 0.690 bits per heavy atom. The lowest BCUT2D eigenvalue weighted by atomic mass is 9.71. The number of halogens is 1. The van der Waals surface area contributed by atoms with E-state index in [2.05, 4.69) is 180 Å². The molecule has 1 unspecified atom stereocenters. The van der Waals surface area contributed by atoms with E-state index in [1.54, 1.807) is 0 Å². The number of nitrogens with zero attached hydrogens (tertiary/aromatic N) is 2. The molecular weight excluding hydrogens is 773 g/mol. The van der Waals surface area contributed by atoms with Crippen molar-refractivity contribution in [1.29, 1.82) is 0 Å². The SMILES string of the molecule is C=C[C@H]1C[N+]2(Cc3cc(-c4cc(C(C)(C)C)cc(C(C)(C)C)c4)cc(-c4cc(C(C)(C)C)cc(C(C)(C)C)c4)c3)CC[C@H]1C[C@@H]2[C@@H](O)c1ccnc2ccccc12.[Br-]. The molecule has 0 spiro atoms. The molecule has 4 aromatic carbocycles. The number of quaternary nitrogens is 1. The minimum absolute atomic E-state index is 0. The number of pyridine rings is 1. The van der Waals surface area contributed by atoms with Crippen LogP contribution in [0.3, 0.4) is 0 Å². The van der Waals surface area contributed by atoms with Crippen molar-refractivity contribution in [3.63, 3.8) is 0 Å². The van der Waals surface area contributed by atoms with Crippen LogP contribution in [0.15, 0.2) is 104 Å². The second-order valence-electron chi connectivity index (χ2n) is 21.9. The van der Waals surface area contributed by atoms with E-state index in [9.17, 15) is 5.11 Å². The molecule has 4 heterocycles. The second kappa shape index (κ2) is 15.8. The lowest BCUT2D eigenvalue weighted by molar-refractivity contribution is -0.984. The topological polar surface area (TPSA) is 33.1 Å². The van der Waals surface area contributed by atoms with E-state index in [-0.39, 0.29) is 44.7 Å². The van der Waals surface area contributed by atoms with Crippen molar-refractivity contribution < 1.29 is 26.6 Å². The number of benzene rings is 4. The highest BCUT2D eigenvalue weighted by Crippen LogP contribution is 2.49. The average molecular weight is 842 g/mol. The zero-order chi connectivity index (χ0) is 41.3. The van der Waals surface area contributed by atoms with Crippen LogP contribution in [-0.4, -0.2) is 33.7 Å². The summed E-state index contributed by atoms with van der Waals surface area (Å²) in [6.07, 6.45) is 5.64. The number of fused-ring (bicyclic) bond motifs is 4. The Kier molecular flexibility index (Phi) is 12.0. The molecule has 3 fully saturated rings. The first-order chi connectivity index (χ1) is 26.6. The summed E-state index contributed by atoms with van der Waals surface area (Å²) in [5.41, 5.74) is 13.9. The van der Waals surface area contributed by atoms with Crippen LogP contribution in [0.2, 0.25) is 0 Å². The van der Waals surface area contributed by atoms with Crippen molar-refractivity contribution in [2.75, 3.05) is 13.1 Å². The van der Waals surface area contributed by atoms with Crippen LogP contribution in [-0.2, 0) is 28.2 Å². The summed E-state index contributed by atoms with van der Waals surface area (Å²) in [6.45, 7) is 35.2. The zero-order valence-corrected chi connectivity index (χ0v) is 39.1. The number of rotatable bonds is 7. The number of para-hydroxylation sites is 1. The molecule has 3 aliphatic rings. The third-order valence-electron chi connectivity index (χ3n) is 13.5. The molecule has 308 valence electrons. The molecule has 4 heteroatoms. The summed E-state index contributed by atoms with van der Waals surface area (Å²) in [7, 11) is 0. The number of hydrogen-bond acceptors (Lipinski definition) is 2. The Morgan fingerprint density at radius 2 is 1.17 bits per heavy atom. The lowest BCUT2D eigenvalue weighted by Crippen LogP contribution is -3.00. The van der Waals surface area contributed by atoms with E-state index >= 15 is 0 Å². The first-order valence-electron chi connectivity index (χ1n) is 21.5. The minimum atomic E-state index is -0.593. The van der Waals surface area contributed by atoms with E-state index in [0.29, 0.717) is 11.8 Å². The van der Waals surface area contributed by atoms with Gasteiger partial charge in [-0.25, -0.2) is 0 Å². The van der Waals surface area contributed by atoms with Crippen LogP contribution in [0.4, 0.5) is 0 Å². The van der Waals surface area contributed by atoms with Gasteiger partial charge in [-0.15, -0.1) is 6.58 Å². The van der Waals surface area contributed by atoms with E-state index in [4.69, 9.17) is 0 Å². The minimum Gasteiger partial charge on any atom is -1.00 e. The molecule has 0 aliphatic carbocycles. The maximum atomic E-state index is 12.6. The molecule has 0 amide bonds. The molecular formula is C54H69BrN2O. The van der Waals surface area contributed by atoms with Gasteiger partial charge >= 0.3 is 0 Å². The summed E-state index contributed by atoms with van der Waals surface area (Å²) in [4.78, 5) is 4.66. The van der Waals surface area contributed by atoms with Gasteiger partial charge in [-0.2, -0.15) is 0 Å². The van der Waals surface area contributed by atoms with Crippen molar-refractivity contribution >= 4 is 10.9 Å². The molecule has 0 saturated carbocycles. The van der Waals surface area contributed by atoms with Gasteiger partial charge in [0.1, 0.15) is 18.7 Å². The van der Waals surface area contributed by atoms with Crippen LogP contribution in [0.5, 0.6) is 0 Å². The fourth-order valence-corrected chi connectivity index (χ4v) is 9.77. The zero-order valence-electron chi connectivity index (χ0n) is 37.5. The average Bonchev–Trinajstić information content (AvgIpc) is 3.15. The maximum absolute atomic E-state index is 12.6. The van der Waals surface area contributed by atoms with Crippen LogP contribution in [0, 0.1) is 11.8 Å². The van der Waals surface area contributed by atoms with Crippen molar-refractivity contribution in [3.8, 4) is 22.3 Å². The van der Waals surface area contributed by atoms with Gasteiger partial charge in [0.15, 0.2) is 0 Å². The van der Waals surface area contributed by atoms with E-state index in [0.717, 1.165) is 53.4 Å². The molecule has 3 aliphatic heterocycles. The highest BCUT2D eigenvalue weighted by Gasteiger charge is 2.54. The molecule has 3 saturated heterocycles. The van der Waals surface area contributed by atoms with Crippen LogP contribution >= 0.6 is 0 Å². The largest absolute Gasteiger partial charge is 1.00 e. The van der Waals surface area contributed by atoms with Crippen LogP contribution in [0.25, 0.3) is 33.2 Å². The summed E-state index contributed by atoms with van der Waals surface area (Å²) in [5.74, 6) is 0.985. The Bertz CT molecular complexity index is 2130. The summed E-state index contributed by atoms with van der Waals surface area (Å²) in [5, 5.41) is 13.6. The Morgan fingerprint density at radius 3 is 1.66 bits per heavy atom. The summed E-state index contributed by atoms with van der Waals surface area (Å²) < 4.78 is 0.860. The fraction of sp³-hybridized carbons (Fsp3) is 0.463. The normalized spacial score (nSPS) is 21.8. The molecule has 5 aromatic rings. The van der Waals surface area contributed by atoms with E-state index in [1.165, 1.54) is 50.1 Å². The smallest absolute Gasteiger partial charge is 0.131 e. The maximum Gasteiger partial charge on any atom is 0.131 e. The van der Waals surface area contributed by atoms with Gasteiger partial charge in [-0.05, 0) is 108 Å². The van der Waals surface area contributed by atoms with Gasteiger partial charge in [0, 0.05) is 35.9 Å². The number of aliphatic hydroxyl groups is 1. The molecule has 1 aromatic heterocycles. The number of piperidine rings is 3. The van der Waals surface area contributed by atoms with E-state index in [1.807, 2.05) is 12.3 Å². The third-order valence-corrected chi connectivity index (χ3v) is 13.5. The lowest BCUT2D eigenvalue weighted by Gasteiger charge is -2.58. The third kappa shape index (κ3) is 8.81. The van der Waals surface area contributed by atoms with Crippen molar-refractivity contribution in [1.82, 2.24) is 4.98 Å². The Hall–Kier alpha value is -3.57. The van der Waals surface area contributed by atoms with Gasteiger partial charge in [0.05, 0.1) is 18.6 Å². The number of aliphatic hydroxyl groups excluding tert-OH is 1. The molecule has 3 nitrogen and oxygen atoms in total. The first kappa shape index (κ1) is 44.0. The van der Waals surface area contributed by atoms with Crippen LogP contribution < -0.4 is 17.0 Å². The Labute approximate surface area is 361 Å². The molecule has 8 rings (SSSR count). The first-order valence-corrected chi connectivity index (χ1v) is 21.5. The molecule has 58 heavy (non-hydrogen) atoms. The van der Waals surface area contributed by atoms with Crippen molar-refractivity contribution in [3.05, 3.63) is 137 Å². The second-order valence-corrected chi connectivity index (χ2v) is 21.9. The highest BCUT2D eigenvalue weighted by atomic mass is 79.9. The molecule has 1 N–H and O–H groups in total. The van der Waals surface area contributed by atoms with Gasteiger partial charge < -0.3 is 26.6 Å². The van der Waals surface area contributed by atoms with Crippen molar-refractivity contribution in [2.45, 2.75) is 136 Å². The van der Waals surface area contributed by atoms with Crippen LogP contribution in [0.1, 0.15) is 135 Å². The molecule has 2 bridgehead atoms. The molecule has 5 atom stereocenters. The van der Waals surface area contributed by atoms with Crippen molar-refractivity contribution in [2.24, 2.45) is 11.8 Å². The van der Waals surface area contributed by atoms with Gasteiger partial charge in [0.2, 0.25) is 0 Å². The predicted octanol–water partition coefficient (Wildman–Crippen LogP) is 10.4. The number of aromatic nitrogens is 1. The number of hydrogen-bond donors (Lipinski definition) is 1. The van der Waals surface area contributed by atoms with E-state index < -0.39 is 6.10 Å². The predicted molar refractivity (Wildman–Crippen MR) is 243 cm³/mol. The van der Waals surface area contributed by atoms with Gasteiger partial charge in [0.25, 0.3) is 0 Å². The van der Waals surface area contributed by atoms with Gasteiger partial charge in [-0.1, -0.05) is 144 Å². The summed E-state index contributed by atoms with van der Waals surface area (Å²) in [6, 6.07) is 32.5. The fourth-order valence-electron chi connectivity index (χ4n) is 9.77. The van der Waals surface area contributed by atoms with Gasteiger partial charge in [-0.3, -0.25) is 4.98 Å². The molecule has 0 radical (unpaired) electrons. The summed E-state index contributed by atoms with van der Waals surface area (Å²) >= 11 is 0.